The zero-order valence-electron chi connectivity index (χ0n) is 10.7. The second-order valence-corrected chi connectivity index (χ2v) is 4.87. The molecule has 2 aromatic rings. The monoisotopic (exact) mass is 302 g/mol. The number of hydrogen-bond acceptors (Lipinski definition) is 6. The molecule has 0 atom stereocenters. The number of aromatic hydroxyl groups is 1. The van der Waals surface area contributed by atoms with E-state index in [0.717, 1.165) is 17.8 Å². The summed E-state index contributed by atoms with van der Waals surface area (Å²) in [6.07, 6.45) is 0. The molecule has 0 aliphatic heterocycles. The molecule has 106 valence electrons. The predicted molar refractivity (Wildman–Crippen MR) is 77.0 cm³/mol. The van der Waals surface area contributed by atoms with Crippen LogP contribution in [0.1, 0.15) is 5.56 Å². The van der Waals surface area contributed by atoms with Crippen LogP contribution in [0.4, 0.5) is 5.69 Å². The number of para-hydroxylation sites is 1. The van der Waals surface area contributed by atoms with Crippen molar-refractivity contribution in [2.75, 3.05) is 11.1 Å². The molecule has 1 aromatic heterocycles. The number of benzene rings is 1. The number of amides is 1. The van der Waals surface area contributed by atoms with Crippen molar-refractivity contribution >= 4 is 23.4 Å². The van der Waals surface area contributed by atoms with Crippen LogP contribution in [0.2, 0.25) is 0 Å². The smallest absolute Gasteiger partial charge is 0.255 e. The Kier molecular flexibility index (Phi) is 4.58. The number of H-pyrrole nitrogens is 1. The van der Waals surface area contributed by atoms with Gasteiger partial charge in [-0.05, 0) is 12.1 Å². The molecule has 0 saturated heterocycles. The largest absolute Gasteiger partial charge is 0.493 e. The van der Waals surface area contributed by atoms with Crippen molar-refractivity contribution in [3.05, 3.63) is 46.2 Å². The first-order valence-corrected chi connectivity index (χ1v) is 6.79. The van der Waals surface area contributed by atoms with E-state index >= 15 is 0 Å². The summed E-state index contributed by atoms with van der Waals surface area (Å²) in [6.45, 7) is 0. The lowest BCUT2D eigenvalue weighted by atomic mass is 10.2. The Morgan fingerprint density at radius 2 is 2.24 bits per heavy atom. The third kappa shape index (κ3) is 4.09. The highest BCUT2D eigenvalue weighted by atomic mass is 32.2. The Bertz CT molecular complexity index is 766. The van der Waals surface area contributed by atoms with Crippen molar-refractivity contribution in [2.45, 2.75) is 5.16 Å². The van der Waals surface area contributed by atoms with E-state index in [4.69, 9.17) is 5.26 Å². The minimum absolute atomic E-state index is 0.0217. The summed E-state index contributed by atoms with van der Waals surface area (Å²) in [5.74, 6) is -0.781. The molecule has 0 spiro atoms. The number of rotatable bonds is 4. The quantitative estimate of drug-likeness (QED) is 0.574. The van der Waals surface area contributed by atoms with Gasteiger partial charge in [0.05, 0.1) is 23.1 Å². The maximum absolute atomic E-state index is 11.8. The number of nitrogens with one attached hydrogen (secondary N) is 2. The second kappa shape index (κ2) is 6.58. The van der Waals surface area contributed by atoms with Gasteiger partial charge in [0, 0.05) is 0 Å². The Morgan fingerprint density at radius 1 is 1.48 bits per heavy atom. The van der Waals surface area contributed by atoms with E-state index in [9.17, 15) is 14.7 Å². The minimum Gasteiger partial charge on any atom is -0.493 e. The minimum atomic E-state index is -0.500. The molecule has 0 bridgehead atoms. The Morgan fingerprint density at radius 3 is 2.95 bits per heavy atom. The zero-order chi connectivity index (χ0) is 15.2. The van der Waals surface area contributed by atoms with E-state index < -0.39 is 11.4 Å². The number of carbonyl (C=O) groups is 1. The highest BCUT2D eigenvalue weighted by Gasteiger charge is 2.08. The summed E-state index contributed by atoms with van der Waals surface area (Å²) in [5.41, 5.74) is 0.280. The SMILES string of the molecule is N#Cc1ccccc1NC(=O)CSc1nc(O)cc(=O)[nH]1. The molecular formula is C13H10N4O3S. The van der Waals surface area contributed by atoms with Crippen LogP contribution in [-0.2, 0) is 4.79 Å². The number of aromatic amines is 1. The van der Waals surface area contributed by atoms with Crippen LogP contribution >= 0.6 is 11.8 Å². The summed E-state index contributed by atoms with van der Waals surface area (Å²) < 4.78 is 0. The van der Waals surface area contributed by atoms with Gasteiger partial charge in [-0.3, -0.25) is 9.59 Å². The van der Waals surface area contributed by atoms with Crippen molar-refractivity contribution in [1.29, 1.82) is 5.26 Å². The van der Waals surface area contributed by atoms with Crippen molar-refractivity contribution in [2.24, 2.45) is 0 Å². The molecule has 1 aromatic carbocycles. The van der Waals surface area contributed by atoms with E-state index in [-0.39, 0.29) is 16.8 Å². The lowest BCUT2D eigenvalue weighted by Crippen LogP contribution is -2.16. The van der Waals surface area contributed by atoms with E-state index in [0.29, 0.717) is 11.3 Å². The molecule has 7 nitrogen and oxygen atoms in total. The first-order valence-electron chi connectivity index (χ1n) is 5.80. The van der Waals surface area contributed by atoms with Crippen LogP contribution in [0.3, 0.4) is 0 Å². The molecule has 0 radical (unpaired) electrons. The number of nitrogens with zero attached hydrogens (tertiary/aromatic N) is 2. The summed E-state index contributed by atoms with van der Waals surface area (Å²) in [4.78, 5) is 29.0. The zero-order valence-corrected chi connectivity index (χ0v) is 11.5. The number of hydrogen-bond donors (Lipinski definition) is 3. The molecule has 0 aliphatic rings. The second-order valence-electron chi connectivity index (χ2n) is 3.90. The van der Waals surface area contributed by atoms with Gasteiger partial charge in [-0.15, -0.1) is 0 Å². The van der Waals surface area contributed by atoms with Gasteiger partial charge in [-0.25, -0.2) is 0 Å². The van der Waals surface area contributed by atoms with Crippen molar-refractivity contribution < 1.29 is 9.90 Å². The van der Waals surface area contributed by atoms with E-state index in [2.05, 4.69) is 15.3 Å². The Hall–Kier alpha value is -2.79. The fourth-order valence-corrected chi connectivity index (χ4v) is 2.17. The maximum atomic E-state index is 11.8. The van der Waals surface area contributed by atoms with Crippen LogP contribution in [-0.4, -0.2) is 26.7 Å². The molecule has 8 heteroatoms. The highest BCUT2D eigenvalue weighted by Crippen LogP contribution is 2.16. The molecule has 1 heterocycles. The Balaban J connectivity index is 1.99. The summed E-state index contributed by atoms with van der Waals surface area (Å²) >= 11 is 0.968. The number of thioether (sulfide) groups is 1. The van der Waals surface area contributed by atoms with Crippen LogP contribution in [0.25, 0.3) is 0 Å². The van der Waals surface area contributed by atoms with Crippen molar-refractivity contribution in [3.63, 3.8) is 0 Å². The fourth-order valence-electron chi connectivity index (χ4n) is 1.50. The molecular weight excluding hydrogens is 292 g/mol. The van der Waals surface area contributed by atoms with Gasteiger partial charge in [0.25, 0.3) is 5.56 Å². The third-order valence-corrected chi connectivity index (χ3v) is 3.24. The average Bonchev–Trinajstić information content (AvgIpc) is 2.45. The number of nitriles is 1. The van der Waals surface area contributed by atoms with Crippen LogP contribution in [0.5, 0.6) is 5.88 Å². The number of anilines is 1. The molecule has 0 fully saturated rings. The topological polar surface area (TPSA) is 119 Å². The molecule has 0 unspecified atom stereocenters. The van der Waals surface area contributed by atoms with E-state index in [1.807, 2.05) is 6.07 Å². The summed E-state index contributed by atoms with van der Waals surface area (Å²) in [5, 5.41) is 20.8. The van der Waals surface area contributed by atoms with Crippen LogP contribution in [0.15, 0.2) is 40.3 Å². The molecule has 1 amide bonds. The van der Waals surface area contributed by atoms with Gasteiger partial charge in [-0.1, -0.05) is 23.9 Å². The normalized spacial score (nSPS) is 9.86. The summed E-state index contributed by atoms with van der Waals surface area (Å²) in [6, 6.07) is 9.53. The predicted octanol–water partition coefficient (Wildman–Crippen LogP) is 1.08. The van der Waals surface area contributed by atoms with Crippen molar-refractivity contribution in [3.8, 4) is 11.9 Å². The lowest BCUT2D eigenvalue weighted by Gasteiger charge is -2.06. The molecule has 0 saturated carbocycles. The van der Waals surface area contributed by atoms with Crippen molar-refractivity contribution in [1.82, 2.24) is 9.97 Å². The first-order chi connectivity index (χ1) is 10.1. The highest BCUT2D eigenvalue weighted by molar-refractivity contribution is 7.99. The van der Waals surface area contributed by atoms with E-state index in [1.165, 1.54) is 0 Å². The molecule has 3 N–H and O–H groups in total. The van der Waals surface area contributed by atoms with Gasteiger partial charge in [0.2, 0.25) is 11.8 Å². The van der Waals surface area contributed by atoms with E-state index in [1.54, 1.807) is 24.3 Å². The fraction of sp³-hybridized carbons (Fsp3) is 0.0769. The standard InChI is InChI=1S/C13H10N4O3S/c14-6-8-3-1-2-4-9(8)15-12(20)7-21-13-16-10(18)5-11(19)17-13/h1-5H,7H2,(H,15,20)(H2,16,17,18,19). The number of carbonyl (C=O) groups excluding carboxylic acids is 1. The lowest BCUT2D eigenvalue weighted by molar-refractivity contribution is -0.113. The van der Waals surface area contributed by atoms with Crippen LogP contribution in [0, 0.1) is 11.3 Å². The first kappa shape index (κ1) is 14.6. The third-order valence-electron chi connectivity index (χ3n) is 2.37. The average molecular weight is 302 g/mol. The van der Waals surface area contributed by atoms with Crippen LogP contribution < -0.4 is 10.9 Å². The summed E-state index contributed by atoms with van der Waals surface area (Å²) in [7, 11) is 0. The molecule has 21 heavy (non-hydrogen) atoms. The molecule has 2 rings (SSSR count). The Labute approximate surface area is 123 Å². The van der Waals surface area contributed by atoms with Gasteiger partial charge in [0.15, 0.2) is 5.16 Å². The van der Waals surface area contributed by atoms with Gasteiger partial charge >= 0.3 is 0 Å². The number of aromatic nitrogens is 2. The maximum Gasteiger partial charge on any atom is 0.255 e. The molecule has 0 aliphatic carbocycles. The van der Waals surface area contributed by atoms with Gasteiger partial charge in [-0.2, -0.15) is 10.2 Å². The van der Waals surface area contributed by atoms with Gasteiger partial charge in [0.1, 0.15) is 6.07 Å². The van der Waals surface area contributed by atoms with Gasteiger partial charge < -0.3 is 15.4 Å².